The molecule has 0 saturated carbocycles. The zero-order chi connectivity index (χ0) is 15.5. The summed E-state index contributed by atoms with van der Waals surface area (Å²) in [5, 5.41) is 0. The molecule has 0 heterocycles. The first kappa shape index (κ1) is 17.1. The molecule has 1 atom stereocenters. The van der Waals surface area contributed by atoms with Crippen LogP contribution in [0, 0.1) is 5.92 Å². The number of carbonyl (C=O) groups excluding carboxylic acids is 2. The fourth-order valence-corrected chi connectivity index (χ4v) is 1.91. The Morgan fingerprint density at radius 1 is 1.24 bits per heavy atom. The Morgan fingerprint density at radius 2 is 1.95 bits per heavy atom. The molecule has 0 aromatic heterocycles. The molecule has 0 spiro atoms. The van der Waals surface area contributed by atoms with Crippen LogP contribution in [0.5, 0.6) is 0 Å². The van der Waals surface area contributed by atoms with Gasteiger partial charge in [-0.15, -0.1) is 0 Å². The molecule has 1 rings (SSSR count). The molecule has 1 aromatic carbocycles. The van der Waals surface area contributed by atoms with E-state index >= 15 is 0 Å². The molecule has 0 radical (unpaired) electrons. The molecule has 0 aliphatic carbocycles. The quantitative estimate of drug-likeness (QED) is 0.398. The van der Waals surface area contributed by atoms with Crippen LogP contribution in [0.3, 0.4) is 0 Å². The van der Waals surface area contributed by atoms with E-state index in [2.05, 4.69) is 4.74 Å². The van der Waals surface area contributed by atoms with Gasteiger partial charge in [0.05, 0.1) is 26.7 Å². The van der Waals surface area contributed by atoms with Crippen LogP contribution < -0.4 is 0 Å². The zero-order valence-corrected chi connectivity index (χ0v) is 12.6. The minimum absolute atomic E-state index is 0.0866. The van der Waals surface area contributed by atoms with Crippen LogP contribution in [0.25, 0.3) is 0 Å². The van der Waals surface area contributed by atoms with Crippen LogP contribution in [0.1, 0.15) is 25.3 Å². The highest BCUT2D eigenvalue weighted by Crippen LogP contribution is 2.16. The predicted octanol–water partition coefficient (Wildman–Crippen LogP) is 2.92. The summed E-state index contributed by atoms with van der Waals surface area (Å²) in [6.45, 7) is 3.03. The molecular weight excluding hydrogens is 268 g/mol. The van der Waals surface area contributed by atoms with Crippen molar-refractivity contribution >= 4 is 12.3 Å². The van der Waals surface area contributed by atoms with Gasteiger partial charge in [-0.1, -0.05) is 48.9 Å². The zero-order valence-electron chi connectivity index (χ0n) is 12.6. The molecule has 0 N–H and O–H groups in total. The Morgan fingerprint density at radius 3 is 2.57 bits per heavy atom. The first-order valence-electron chi connectivity index (χ1n) is 6.98. The summed E-state index contributed by atoms with van der Waals surface area (Å²) in [5.41, 5.74) is 2.02. The summed E-state index contributed by atoms with van der Waals surface area (Å²) in [5.74, 6) is -0.223. The molecule has 0 amide bonds. The molecular formula is C17H22O4. The third-order valence-electron chi connectivity index (χ3n) is 3.19. The number of aldehydes is 1. The van der Waals surface area contributed by atoms with Gasteiger partial charge in [0.15, 0.2) is 0 Å². The number of esters is 1. The Hall–Kier alpha value is -1.94. The third-order valence-corrected chi connectivity index (χ3v) is 3.19. The summed E-state index contributed by atoms with van der Waals surface area (Å²) >= 11 is 0. The van der Waals surface area contributed by atoms with Gasteiger partial charge in [0.1, 0.15) is 6.29 Å². The van der Waals surface area contributed by atoms with E-state index in [-0.39, 0.29) is 18.3 Å². The van der Waals surface area contributed by atoms with Crippen molar-refractivity contribution in [1.29, 1.82) is 0 Å². The van der Waals surface area contributed by atoms with Crippen LogP contribution in [0.15, 0.2) is 42.0 Å². The molecule has 4 heteroatoms. The van der Waals surface area contributed by atoms with Gasteiger partial charge in [-0.3, -0.25) is 4.79 Å². The average Bonchev–Trinajstić information content (AvgIpc) is 2.51. The van der Waals surface area contributed by atoms with Gasteiger partial charge < -0.3 is 14.3 Å². The fourth-order valence-electron chi connectivity index (χ4n) is 1.91. The second kappa shape index (κ2) is 9.88. The molecule has 4 nitrogen and oxygen atoms in total. The monoisotopic (exact) mass is 290 g/mol. The maximum Gasteiger partial charge on any atom is 0.309 e. The summed E-state index contributed by atoms with van der Waals surface area (Å²) in [6, 6.07) is 9.91. The van der Waals surface area contributed by atoms with E-state index in [1.165, 1.54) is 7.11 Å². The summed E-state index contributed by atoms with van der Waals surface area (Å²) in [7, 11) is 1.35. The van der Waals surface area contributed by atoms with Gasteiger partial charge in [-0.05, 0) is 5.56 Å². The lowest BCUT2D eigenvalue weighted by Crippen LogP contribution is -2.10. The van der Waals surface area contributed by atoms with Crippen molar-refractivity contribution in [3.63, 3.8) is 0 Å². The van der Waals surface area contributed by atoms with Crippen LogP contribution in [0.4, 0.5) is 0 Å². The van der Waals surface area contributed by atoms with Crippen molar-refractivity contribution in [2.45, 2.75) is 26.4 Å². The SMILES string of the molecule is COC(=O)CC=C(CC=O)[C@@H](C)COCc1ccccc1. The van der Waals surface area contributed by atoms with Crippen LogP contribution in [-0.4, -0.2) is 26.0 Å². The molecule has 0 saturated heterocycles. The first-order chi connectivity index (χ1) is 10.2. The van der Waals surface area contributed by atoms with Crippen LogP contribution >= 0.6 is 0 Å². The lowest BCUT2D eigenvalue weighted by Gasteiger charge is -2.15. The molecule has 0 unspecified atom stereocenters. The largest absolute Gasteiger partial charge is 0.469 e. The second-order valence-corrected chi connectivity index (χ2v) is 4.83. The molecule has 0 aliphatic rings. The van der Waals surface area contributed by atoms with E-state index in [1.54, 1.807) is 6.08 Å². The number of hydrogen-bond acceptors (Lipinski definition) is 4. The Balaban J connectivity index is 2.46. The molecule has 0 bridgehead atoms. The summed E-state index contributed by atoms with van der Waals surface area (Å²) in [6.07, 6.45) is 3.10. The lowest BCUT2D eigenvalue weighted by molar-refractivity contribution is -0.139. The number of methoxy groups -OCH3 is 1. The Bertz CT molecular complexity index is 465. The first-order valence-corrected chi connectivity index (χ1v) is 6.98. The van der Waals surface area contributed by atoms with Gasteiger partial charge in [-0.25, -0.2) is 0 Å². The standard InChI is InChI=1S/C17H22O4/c1-14(12-21-13-15-6-4-3-5-7-15)16(10-11-18)8-9-17(19)20-2/h3-8,11,14H,9-10,12-13H2,1-2H3/t14-/m0/s1. The fraction of sp³-hybridized carbons (Fsp3) is 0.412. The average molecular weight is 290 g/mol. The van der Waals surface area contributed by atoms with E-state index < -0.39 is 0 Å². The smallest absolute Gasteiger partial charge is 0.309 e. The van der Waals surface area contributed by atoms with Gasteiger partial charge in [0.2, 0.25) is 0 Å². The van der Waals surface area contributed by atoms with Crippen molar-refractivity contribution in [1.82, 2.24) is 0 Å². The van der Waals surface area contributed by atoms with Gasteiger partial charge >= 0.3 is 5.97 Å². The molecule has 0 fully saturated rings. The van der Waals surface area contributed by atoms with Crippen molar-refractivity contribution in [2.24, 2.45) is 5.92 Å². The highest BCUT2D eigenvalue weighted by Gasteiger charge is 2.10. The van der Waals surface area contributed by atoms with Crippen LogP contribution in [-0.2, 0) is 25.7 Å². The van der Waals surface area contributed by atoms with E-state index in [0.29, 0.717) is 19.6 Å². The summed E-state index contributed by atoms with van der Waals surface area (Å²) in [4.78, 5) is 21.9. The number of benzene rings is 1. The lowest BCUT2D eigenvalue weighted by atomic mass is 9.98. The molecule has 114 valence electrons. The highest BCUT2D eigenvalue weighted by atomic mass is 16.5. The van der Waals surface area contributed by atoms with Crippen molar-refractivity contribution < 1.29 is 19.1 Å². The van der Waals surface area contributed by atoms with E-state index in [0.717, 1.165) is 17.4 Å². The maximum absolute atomic E-state index is 11.2. The molecule has 21 heavy (non-hydrogen) atoms. The Labute approximate surface area is 125 Å². The minimum Gasteiger partial charge on any atom is -0.469 e. The minimum atomic E-state index is -0.309. The summed E-state index contributed by atoms with van der Waals surface area (Å²) < 4.78 is 10.3. The van der Waals surface area contributed by atoms with Gasteiger partial charge in [0.25, 0.3) is 0 Å². The predicted molar refractivity (Wildman–Crippen MR) is 80.7 cm³/mol. The highest BCUT2D eigenvalue weighted by molar-refractivity contribution is 5.71. The van der Waals surface area contributed by atoms with E-state index in [9.17, 15) is 9.59 Å². The number of carbonyl (C=O) groups is 2. The van der Waals surface area contributed by atoms with Gasteiger partial charge in [0, 0.05) is 12.3 Å². The topological polar surface area (TPSA) is 52.6 Å². The Kier molecular flexibility index (Phi) is 8.05. The van der Waals surface area contributed by atoms with Crippen molar-refractivity contribution in [3.05, 3.63) is 47.5 Å². The van der Waals surface area contributed by atoms with Crippen molar-refractivity contribution in [2.75, 3.05) is 13.7 Å². The normalized spacial score (nSPS) is 12.8. The molecule has 0 aliphatic heterocycles. The van der Waals surface area contributed by atoms with Crippen LogP contribution in [0.2, 0.25) is 0 Å². The number of ether oxygens (including phenoxy) is 2. The van der Waals surface area contributed by atoms with E-state index in [4.69, 9.17) is 4.74 Å². The van der Waals surface area contributed by atoms with Crippen molar-refractivity contribution in [3.8, 4) is 0 Å². The third kappa shape index (κ3) is 6.86. The van der Waals surface area contributed by atoms with E-state index in [1.807, 2.05) is 37.3 Å². The second-order valence-electron chi connectivity index (χ2n) is 4.83. The number of hydrogen-bond donors (Lipinski definition) is 0. The molecule has 1 aromatic rings. The van der Waals surface area contributed by atoms with Gasteiger partial charge in [-0.2, -0.15) is 0 Å². The maximum atomic E-state index is 11.2. The number of rotatable bonds is 9.